The minimum Gasteiger partial charge on any atom is -0.480 e. The number of carboxylic acid groups (broad SMARTS) is 1. The number of hydrogen-bond acceptors (Lipinski definition) is 4. The minimum absolute atomic E-state index is 0.132. The number of allylic oxidation sites excluding steroid dienone is 2. The van der Waals surface area contributed by atoms with Gasteiger partial charge in [0.2, 0.25) is 0 Å². The third-order valence-corrected chi connectivity index (χ3v) is 5.02. The average Bonchev–Trinajstić information content (AvgIpc) is 2.48. The Bertz CT molecular complexity index is 688. The van der Waals surface area contributed by atoms with E-state index in [9.17, 15) is 9.90 Å². The van der Waals surface area contributed by atoms with Gasteiger partial charge in [0.1, 0.15) is 5.84 Å². The first-order chi connectivity index (χ1) is 10.5. The van der Waals surface area contributed by atoms with E-state index in [0.29, 0.717) is 22.3 Å². The quantitative estimate of drug-likeness (QED) is 0.894. The van der Waals surface area contributed by atoms with Gasteiger partial charge in [-0.25, -0.2) is 4.79 Å². The smallest absolute Gasteiger partial charge is 0.328 e. The summed E-state index contributed by atoms with van der Waals surface area (Å²) in [6, 6.07) is 8.99. The van der Waals surface area contributed by atoms with Gasteiger partial charge in [0, 0.05) is 17.5 Å². The lowest BCUT2D eigenvalue weighted by Crippen LogP contribution is -2.44. The Kier molecular flexibility index (Phi) is 4.47. The van der Waals surface area contributed by atoms with Crippen LogP contribution in [0.3, 0.4) is 0 Å². The largest absolute Gasteiger partial charge is 0.480 e. The summed E-state index contributed by atoms with van der Waals surface area (Å²) in [5.74, 6) is -0.492. The molecular formula is C15H12Cl2N2O2S. The van der Waals surface area contributed by atoms with Gasteiger partial charge in [-0.05, 0) is 18.2 Å². The highest BCUT2D eigenvalue weighted by atomic mass is 35.5. The number of benzene rings is 1. The molecule has 0 spiro atoms. The number of carbonyl (C=O) groups is 1. The second-order valence-corrected chi connectivity index (χ2v) is 6.94. The molecule has 114 valence electrons. The summed E-state index contributed by atoms with van der Waals surface area (Å²) in [5.41, 5.74) is 0. The fourth-order valence-electron chi connectivity index (χ4n) is 2.31. The van der Waals surface area contributed by atoms with Crippen LogP contribution in [0.25, 0.3) is 0 Å². The molecule has 0 saturated carbocycles. The molecule has 4 nitrogen and oxygen atoms in total. The summed E-state index contributed by atoms with van der Waals surface area (Å²) in [6.07, 6.45) is 3.70. The molecule has 7 heteroatoms. The lowest BCUT2D eigenvalue weighted by Gasteiger charge is -2.37. The van der Waals surface area contributed by atoms with E-state index < -0.39 is 12.0 Å². The van der Waals surface area contributed by atoms with Crippen LogP contribution in [-0.2, 0) is 4.79 Å². The van der Waals surface area contributed by atoms with E-state index in [4.69, 9.17) is 23.2 Å². The Balaban J connectivity index is 1.94. The number of hydrogen-bond donors (Lipinski definition) is 1. The van der Waals surface area contributed by atoms with Gasteiger partial charge >= 0.3 is 5.97 Å². The first-order valence-corrected chi connectivity index (χ1v) is 8.23. The molecular weight excluding hydrogens is 343 g/mol. The molecule has 3 rings (SSSR count). The lowest BCUT2D eigenvalue weighted by atomic mass is 10.1. The van der Waals surface area contributed by atoms with Crippen LogP contribution >= 0.6 is 35.0 Å². The van der Waals surface area contributed by atoms with Crippen molar-refractivity contribution in [3.8, 4) is 0 Å². The number of nitrogens with zero attached hydrogens (tertiary/aromatic N) is 2. The fourth-order valence-corrected chi connectivity index (χ4v) is 4.03. The van der Waals surface area contributed by atoms with E-state index >= 15 is 0 Å². The Hall–Kier alpha value is -1.43. The van der Waals surface area contributed by atoms with Gasteiger partial charge < -0.3 is 10.0 Å². The van der Waals surface area contributed by atoms with E-state index in [1.54, 1.807) is 24.0 Å². The molecule has 2 aliphatic rings. The number of rotatable bonds is 3. The molecule has 0 aromatic heterocycles. The topological polar surface area (TPSA) is 52.9 Å². The highest BCUT2D eigenvalue weighted by molar-refractivity contribution is 8.00. The molecule has 2 aliphatic heterocycles. The van der Waals surface area contributed by atoms with Crippen molar-refractivity contribution >= 4 is 46.8 Å². The molecule has 2 unspecified atom stereocenters. The third kappa shape index (κ3) is 3.16. The maximum Gasteiger partial charge on any atom is 0.328 e. The van der Waals surface area contributed by atoms with Crippen LogP contribution in [0.1, 0.15) is 6.42 Å². The first kappa shape index (κ1) is 15.5. The van der Waals surface area contributed by atoms with Crippen molar-refractivity contribution < 1.29 is 9.90 Å². The van der Waals surface area contributed by atoms with Gasteiger partial charge in [-0.15, -0.1) is 11.8 Å². The second kappa shape index (κ2) is 6.36. The first-order valence-electron chi connectivity index (χ1n) is 6.60. The maximum atomic E-state index is 11.4. The Morgan fingerprint density at radius 2 is 2.05 bits per heavy atom. The fraction of sp³-hybridized carbons (Fsp3) is 0.200. The summed E-state index contributed by atoms with van der Waals surface area (Å²) < 4.78 is 0. The van der Waals surface area contributed by atoms with E-state index in [0.717, 1.165) is 4.90 Å². The predicted molar refractivity (Wildman–Crippen MR) is 89.3 cm³/mol. The molecule has 0 radical (unpaired) electrons. The normalized spacial score (nSPS) is 24.1. The summed E-state index contributed by atoms with van der Waals surface area (Å²) in [4.78, 5) is 18.5. The van der Waals surface area contributed by atoms with Crippen LogP contribution in [-0.4, -0.2) is 33.2 Å². The van der Waals surface area contributed by atoms with Crippen molar-refractivity contribution in [3.63, 3.8) is 0 Å². The molecule has 1 aromatic carbocycles. The Labute approximate surface area is 142 Å². The van der Waals surface area contributed by atoms with E-state index in [1.165, 1.54) is 0 Å². The van der Waals surface area contributed by atoms with Crippen LogP contribution in [0.5, 0.6) is 0 Å². The van der Waals surface area contributed by atoms with Crippen molar-refractivity contribution in [1.82, 2.24) is 4.90 Å². The number of halogens is 2. The zero-order valence-corrected chi connectivity index (χ0v) is 13.6. The van der Waals surface area contributed by atoms with Crippen LogP contribution in [0.2, 0.25) is 0 Å². The molecule has 22 heavy (non-hydrogen) atoms. The van der Waals surface area contributed by atoms with Gasteiger partial charge in [0.15, 0.2) is 6.04 Å². The highest BCUT2D eigenvalue weighted by Gasteiger charge is 2.36. The number of thioether (sulfide) groups is 1. The van der Waals surface area contributed by atoms with Crippen LogP contribution in [0.4, 0.5) is 0 Å². The van der Waals surface area contributed by atoms with Gasteiger partial charge in [0.05, 0.1) is 15.4 Å². The number of fused-ring (bicyclic) bond motifs is 1. The SMILES string of the molecule is O=C(O)C1CC(Sc2ccccc2)N2C=C(Cl)C=C(Cl)C2=N1. The predicted octanol–water partition coefficient (Wildman–Crippen LogP) is 3.88. The van der Waals surface area contributed by atoms with E-state index in [-0.39, 0.29) is 5.37 Å². The summed E-state index contributed by atoms with van der Waals surface area (Å²) >= 11 is 13.8. The number of carboxylic acids is 1. The summed E-state index contributed by atoms with van der Waals surface area (Å²) in [7, 11) is 0. The van der Waals surface area contributed by atoms with Gasteiger partial charge in [-0.3, -0.25) is 4.99 Å². The second-order valence-electron chi connectivity index (χ2n) is 4.84. The summed E-state index contributed by atoms with van der Waals surface area (Å²) in [6.45, 7) is 0. The molecule has 0 fully saturated rings. The Morgan fingerprint density at radius 3 is 2.73 bits per heavy atom. The van der Waals surface area contributed by atoms with E-state index in [2.05, 4.69) is 4.99 Å². The van der Waals surface area contributed by atoms with Gasteiger partial charge in [-0.2, -0.15) is 0 Å². The van der Waals surface area contributed by atoms with Crippen LogP contribution in [0, 0.1) is 0 Å². The number of amidine groups is 1. The molecule has 2 heterocycles. The zero-order chi connectivity index (χ0) is 15.7. The van der Waals surface area contributed by atoms with Crippen molar-refractivity contribution in [2.24, 2.45) is 4.99 Å². The van der Waals surface area contributed by atoms with Crippen molar-refractivity contribution in [2.45, 2.75) is 22.7 Å². The lowest BCUT2D eigenvalue weighted by molar-refractivity contribution is -0.138. The molecule has 2 atom stereocenters. The zero-order valence-electron chi connectivity index (χ0n) is 11.3. The van der Waals surface area contributed by atoms with Gasteiger partial charge in [-0.1, -0.05) is 41.4 Å². The average molecular weight is 355 g/mol. The highest BCUT2D eigenvalue weighted by Crippen LogP contribution is 2.37. The maximum absolute atomic E-state index is 11.4. The summed E-state index contributed by atoms with van der Waals surface area (Å²) in [5, 5.41) is 10.0. The van der Waals surface area contributed by atoms with Crippen molar-refractivity contribution in [2.75, 3.05) is 0 Å². The number of aliphatic imine (C=N–C) groups is 1. The van der Waals surface area contributed by atoms with Gasteiger partial charge in [0.25, 0.3) is 0 Å². The number of aliphatic carboxylic acids is 1. The third-order valence-electron chi connectivity index (χ3n) is 3.30. The minimum atomic E-state index is -0.948. The molecule has 1 aromatic rings. The molecule has 0 amide bonds. The molecule has 0 bridgehead atoms. The van der Waals surface area contributed by atoms with Crippen LogP contribution in [0.15, 0.2) is 62.6 Å². The molecule has 0 aliphatic carbocycles. The molecule has 1 N–H and O–H groups in total. The van der Waals surface area contributed by atoms with Crippen LogP contribution < -0.4 is 0 Å². The standard InChI is InChI=1S/C15H12Cl2N2O2S/c16-9-6-11(17)14-18-12(15(20)21)7-13(19(14)8-9)22-10-4-2-1-3-5-10/h1-6,8,12-13H,7H2,(H,20,21). The van der Waals surface area contributed by atoms with E-state index in [1.807, 2.05) is 35.2 Å². The molecule has 0 saturated heterocycles. The monoisotopic (exact) mass is 354 g/mol. The Morgan fingerprint density at radius 1 is 1.32 bits per heavy atom. The van der Waals surface area contributed by atoms with Crippen molar-refractivity contribution in [1.29, 1.82) is 0 Å². The van der Waals surface area contributed by atoms with Crippen molar-refractivity contribution in [3.05, 3.63) is 52.7 Å².